The van der Waals surface area contributed by atoms with E-state index < -0.39 is 5.60 Å². The largest absolute Gasteiger partial charge is 0.444 e. The maximum Gasteiger partial charge on any atom is 0.410 e. The molecule has 2 atom stereocenters. The molecule has 1 rings (SSSR count). The minimum absolute atomic E-state index is 0.0674. The van der Waals surface area contributed by atoms with Crippen molar-refractivity contribution >= 4 is 6.09 Å². The summed E-state index contributed by atoms with van der Waals surface area (Å²) in [6.45, 7) is 14.6. The van der Waals surface area contributed by atoms with Crippen LogP contribution in [0.2, 0.25) is 0 Å². The van der Waals surface area contributed by atoms with E-state index in [1.54, 1.807) is 0 Å². The van der Waals surface area contributed by atoms with Gasteiger partial charge in [0.2, 0.25) is 0 Å². The molecule has 22 heavy (non-hydrogen) atoms. The van der Waals surface area contributed by atoms with Crippen LogP contribution in [0.1, 0.15) is 48.0 Å². The SMILES string of the molecule is CC(C)=CCNC(C)CC1COCCN1C(=O)OC(C)(C)C. The Balaban J connectivity index is 2.54. The van der Waals surface area contributed by atoms with Gasteiger partial charge in [0, 0.05) is 19.1 Å². The number of carbonyl (C=O) groups excluding carboxylic acids is 1. The highest BCUT2D eigenvalue weighted by Crippen LogP contribution is 2.17. The topological polar surface area (TPSA) is 50.8 Å². The molecule has 0 aromatic heterocycles. The van der Waals surface area contributed by atoms with E-state index in [1.165, 1.54) is 5.57 Å². The van der Waals surface area contributed by atoms with Crippen LogP contribution in [0, 0.1) is 0 Å². The van der Waals surface area contributed by atoms with Gasteiger partial charge in [-0.2, -0.15) is 0 Å². The highest BCUT2D eigenvalue weighted by atomic mass is 16.6. The third kappa shape index (κ3) is 7.27. The molecule has 128 valence electrons. The second-order valence-electron chi connectivity index (χ2n) is 7.23. The van der Waals surface area contributed by atoms with Crippen molar-refractivity contribution in [1.29, 1.82) is 0 Å². The molecule has 1 aliphatic rings. The molecule has 1 N–H and O–H groups in total. The first-order valence-corrected chi connectivity index (χ1v) is 8.13. The Hall–Kier alpha value is -1.07. The highest BCUT2D eigenvalue weighted by Gasteiger charge is 2.31. The van der Waals surface area contributed by atoms with Gasteiger partial charge in [-0.3, -0.25) is 0 Å². The lowest BCUT2D eigenvalue weighted by Crippen LogP contribution is -2.52. The summed E-state index contributed by atoms with van der Waals surface area (Å²) in [6.07, 6.45) is 2.78. The van der Waals surface area contributed by atoms with Crippen molar-refractivity contribution in [3.8, 4) is 0 Å². The Morgan fingerprint density at radius 3 is 2.73 bits per heavy atom. The standard InChI is InChI=1S/C17H32N2O3/c1-13(2)7-8-18-14(3)11-15-12-21-10-9-19(15)16(20)22-17(4,5)6/h7,14-15,18H,8-12H2,1-6H3. The number of allylic oxidation sites excluding steroid dienone is 1. The monoisotopic (exact) mass is 312 g/mol. The highest BCUT2D eigenvalue weighted by molar-refractivity contribution is 5.68. The number of amides is 1. The minimum atomic E-state index is -0.465. The zero-order valence-electron chi connectivity index (χ0n) is 14.9. The Morgan fingerprint density at radius 2 is 2.14 bits per heavy atom. The van der Waals surface area contributed by atoms with Crippen molar-refractivity contribution < 1.29 is 14.3 Å². The number of rotatable bonds is 5. The summed E-state index contributed by atoms with van der Waals surface area (Å²) in [4.78, 5) is 14.1. The van der Waals surface area contributed by atoms with Gasteiger partial charge in [0.1, 0.15) is 5.60 Å². The molecule has 1 saturated heterocycles. The van der Waals surface area contributed by atoms with Crippen LogP contribution in [-0.4, -0.2) is 55.0 Å². The number of nitrogens with zero attached hydrogens (tertiary/aromatic N) is 1. The summed E-state index contributed by atoms with van der Waals surface area (Å²) in [5.41, 5.74) is 0.837. The first-order chi connectivity index (χ1) is 10.2. The van der Waals surface area contributed by atoms with E-state index in [1.807, 2.05) is 25.7 Å². The molecular formula is C17H32N2O3. The first-order valence-electron chi connectivity index (χ1n) is 8.13. The van der Waals surface area contributed by atoms with Gasteiger partial charge in [-0.1, -0.05) is 11.6 Å². The third-order valence-corrected chi connectivity index (χ3v) is 3.46. The molecule has 0 aromatic rings. The van der Waals surface area contributed by atoms with E-state index >= 15 is 0 Å². The maximum atomic E-state index is 12.3. The zero-order chi connectivity index (χ0) is 16.8. The van der Waals surface area contributed by atoms with Crippen molar-refractivity contribution in [2.75, 3.05) is 26.3 Å². The Bertz CT molecular complexity index is 384. The van der Waals surface area contributed by atoms with Crippen molar-refractivity contribution in [3.63, 3.8) is 0 Å². The second kappa shape index (κ2) is 8.53. The van der Waals surface area contributed by atoms with E-state index in [2.05, 4.69) is 32.2 Å². The average Bonchev–Trinajstić information content (AvgIpc) is 2.36. The molecule has 1 fully saturated rings. The fraction of sp³-hybridized carbons (Fsp3) is 0.824. The van der Waals surface area contributed by atoms with Crippen LogP contribution in [0.3, 0.4) is 0 Å². The summed E-state index contributed by atoms with van der Waals surface area (Å²) >= 11 is 0. The van der Waals surface area contributed by atoms with Crippen LogP contribution in [-0.2, 0) is 9.47 Å². The van der Waals surface area contributed by atoms with Crippen LogP contribution >= 0.6 is 0 Å². The zero-order valence-corrected chi connectivity index (χ0v) is 14.9. The van der Waals surface area contributed by atoms with Gasteiger partial charge >= 0.3 is 6.09 Å². The molecule has 1 aliphatic heterocycles. The maximum absolute atomic E-state index is 12.3. The molecule has 0 saturated carbocycles. The summed E-state index contributed by atoms with van der Waals surface area (Å²) in [7, 11) is 0. The lowest BCUT2D eigenvalue weighted by Gasteiger charge is -2.37. The molecule has 0 radical (unpaired) electrons. The van der Waals surface area contributed by atoms with Crippen LogP contribution in [0.5, 0.6) is 0 Å². The van der Waals surface area contributed by atoms with Crippen LogP contribution in [0.4, 0.5) is 4.79 Å². The summed E-state index contributed by atoms with van der Waals surface area (Å²) < 4.78 is 11.1. The molecule has 0 aliphatic carbocycles. The third-order valence-electron chi connectivity index (χ3n) is 3.46. The first kappa shape index (κ1) is 19.0. The minimum Gasteiger partial charge on any atom is -0.444 e. The van der Waals surface area contributed by atoms with Crippen LogP contribution < -0.4 is 5.32 Å². The van der Waals surface area contributed by atoms with Gasteiger partial charge in [0.25, 0.3) is 0 Å². The predicted octanol–water partition coefficient (Wildman–Crippen LogP) is 2.96. The molecule has 0 spiro atoms. The lowest BCUT2D eigenvalue weighted by atomic mass is 10.1. The van der Waals surface area contributed by atoms with Gasteiger partial charge in [0.15, 0.2) is 0 Å². The lowest BCUT2D eigenvalue weighted by molar-refractivity contribution is -0.0355. The molecule has 2 unspecified atom stereocenters. The molecule has 1 heterocycles. The molecule has 1 amide bonds. The summed E-state index contributed by atoms with van der Waals surface area (Å²) in [5.74, 6) is 0. The predicted molar refractivity (Wildman–Crippen MR) is 89.1 cm³/mol. The number of ether oxygens (including phenoxy) is 2. The quantitative estimate of drug-likeness (QED) is 0.793. The Labute approximate surface area is 135 Å². The molecule has 5 nitrogen and oxygen atoms in total. The smallest absolute Gasteiger partial charge is 0.410 e. The fourth-order valence-corrected chi connectivity index (χ4v) is 2.37. The van der Waals surface area contributed by atoms with E-state index in [4.69, 9.17) is 9.47 Å². The molecule has 0 bridgehead atoms. The van der Waals surface area contributed by atoms with E-state index in [0.717, 1.165) is 13.0 Å². The number of hydrogen-bond donors (Lipinski definition) is 1. The fourth-order valence-electron chi connectivity index (χ4n) is 2.37. The Kier molecular flexibility index (Phi) is 7.36. The number of nitrogens with one attached hydrogen (secondary N) is 1. The summed E-state index contributed by atoms with van der Waals surface area (Å²) in [5, 5.41) is 3.46. The normalized spacial score (nSPS) is 20.5. The van der Waals surface area contributed by atoms with Gasteiger partial charge < -0.3 is 19.7 Å². The average molecular weight is 312 g/mol. The number of morpholine rings is 1. The second-order valence-corrected chi connectivity index (χ2v) is 7.23. The number of hydrogen-bond acceptors (Lipinski definition) is 4. The van der Waals surface area contributed by atoms with Gasteiger partial charge in [-0.15, -0.1) is 0 Å². The van der Waals surface area contributed by atoms with Gasteiger partial charge in [-0.25, -0.2) is 4.79 Å². The van der Waals surface area contributed by atoms with E-state index in [9.17, 15) is 4.79 Å². The Morgan fingerprint density at radius 1 is 1.45 bits per heavy atom. The number of carbonyl (C=O) groups is 1. The van der Waals surface area contributed by atoms with E-state index in [0.29, 0.717) is 25.8 Å². The summed E-state index contributed by atoms with van der Waals surface area (Å²) in [6, 6.07) is 0.380. The molecular weight excluding hydrogens is 280 g/mol. The van der Waals surface area contributed by atoms with Crippen molar-refractivity contribution in [2.24, 2.45) is 0 Å². The van der Waals surface area contributed by atoms with Crippen LogP contribution in [0.25, 0.3) is 0 Å². The van der Waals surface area contributed by atoms with Crippen molar-refractivity contribution in [2.45, 2.75) is 65.6 Å². The van der Waals surface area contributed by atoms with Crippen LogP contribution in [0.15, 0.2) is 11.6 Å². The van der Waals surface area contributed by atoms with E-state index in [-0.39, 0.29) is 12.1 Å². The molecule has 0 aromatic carbocycles. The molecule has 5 heteroatoms. The van der Waals surface area contributed by atoms with Crippen molar-refractivity contribution in [1.82, 2.24) is 10.2 Å². The van der Waals surface area contributed by atoms with Gasteiger partial charge in [-0.05, 0) is 48.0 Å². The van der Waals surface area contributed by atoms with Gasteiger partial charge in [0.05, 0.1) is 19.3 Å². The van der Waals surface area contributed by atoms with Crippen molar-refractivity contribution in [3.05, 3.63) is 11.6 Å².